The molecule has 0 saturated carbocycles. The molecule has 4 nitrogen and oxygen atoms in total. The minimum atomic E-state index is 1.03. The van der Waals surface area contributed by atoms with Gasteiger partial charge in [0.25, 0.3) is 0 Å². The Hall–Kier alpha value is -0.870. The molecular formula is C11H22N4. The lowest BCUT2D eigenvalue weighted by Gasteiger charge is -2.17. The highest BCUT2D eigenvalue weighted by Crippen LogP contribution is 1.96. The van der Waals surface area contributed by atoms with E-state index in [4.69, 9.17) is 0 Å². The van der Waals surface area contributed by atoms with E-state index in [0.717, 1.165) is 32.0 Å². The first kappa shape index (κ1) is 12.2. The van der Waals surface area contributed by atoms with Crippen molar-refractivity contribution in [3.8, 4) is 0 Å². The fourth-order valence-electron chi connectivity index (χ4n) is 1.56. The first-order chi connectivity index (χ1) is 7.24. The van der Waals surface area contributed by atoms with Crippen LogP contribution < -0.4 is 5.32 Å². The highest BCUT2D eigenvalue weighted by Gasteiger charge is 2.00. The van der Waals surface area contributed by atoms with E-state index in [-0.39, 0.29) is 0 Å². The molecule has 1 rings (SSSR count). The standard InChI is InChI=1S/C11H22N4/c1-11-13-6-8-15(11)10-9-14(3)7-4-5-12-2/h6,8,12H,4-5,7,9-10H2,1-3H3. The lowest BCUT2D eigenvalue weighted by molar-refractivity contribution is 0.312. The third-order valence-corrected chi connectivity index (χ3v) is 2.61. The Kier molecular flexibility index (Phi) is 5.36. The molecule has 1 heterocycles. The smallest absolute Gasteiger partial charge is 0.105 e. The lowest BCUT2D eigenvalue weighted by Crippen LogP contribution is -2.26. The molecule has 0 aliphatic carbocycles. The first-order valence-electron chi connectivity index (χ1n) is 5.55. The van der Waals surface area contributed by atoms with Gasteiger partial charge in [-0.05, 0) is 40.5 Å². The van der Waals surface area contributed by atoms with Crippen molar-refractivity contribution in [3.05, 3.63) is 18.2 Å². The van der Waals surface area contributed by atoms with Crippen LogP contribution >= 0.6 is 0 Å². The van der Waals surface area contributed by atoms with Crippen LogP contribution in [0.2, 0.25) is 0 Å². The number of nitrogens with zero attached hydrogens (tertiary/aromatic N) is 3. The van der Waals surface area contributed by atoms with Crippen LogP contribution in [0.1, 0.15) is 12.2 Å². The van der Waals surface area contributed by atoms with Crippen molar-refractivity contribution in [1.82, 2.24) is 19.8 Å². The van der Waals surface area contributed by atoms with Gasteiger partial charge in [0.1, 0.15) is 5.82 Å². The van der Waals surface area contributed by atoms with Crippen LogP contribution in [0.4, 0.5) is 0 Å². The van der Waals surface area contributed by atoms with Gasteiger partial charge >= 0.3 is 0 Å². The van der Waals surface area contributed by atoms with E-state index >= 15 is 0 Å². The van der Waals surface area contributed by atoms with Crippen LogP contribution in [0.25, 0.3) is 0 Å². The molecule has 0 aliphatic heterocycles. The maximum atomic E-state index is 4.20. The van der Waals surface area contributed by atoms with Crippen molar-refractivity contribution in [1.29, 1.82) is 0 Å². The zero-order valence-corrected chi connectivity index (χ0v) is 10.0. The van der Waals surface area contributed by atoms with E-state index < -0.39 is 0 Å². The highest BCUT2D eigenvalue weighted by molar-refractivity contribution is 4.88. The first-order valence-corrected chi connectivity index (χ1v) is 5.55. The molecule has 0 unspecified atom stereocenters. The van der Waals surface area contributed by atoms with Crippen LogP contribution in [0.15, 0.2) is 12.4 Å². The number of nitrogens with one attached hydrogen (secondary N) is 1. The fourth-order valence-corrected chi connectivity index (χ4v) is 1.56. The van der Waals surface area contributed by atoms with Crippen LogP contribution in [0, 0.1) is 6.92 Å². The quantitative estimate of drug-likeness (QED) is 0.674. The summed E-state index contributed by atoms with van der Waals surface area (Å²) in [7, 11) is 4.16. The Bertz CT molecular complexity index is 269. The van der Waals surface area contributed by atoms with E-state index in [0.29, 0.717) is 0 Å². The predicted molar refractivity (Wildman–Crippen MR) is 63.0 cm³/mol. The minimum Gasteiger partial charge on any atom is -0.334 e. The van der Waals surface area contributed by atoms with Gasteiger partial charge in [0.2, 0.25) is 0 Å². The van der Waals surface area contributed by atoms with E-state index in [2.05, 4.69) is 26.8 Å². The van der Waals surface area contributed by atoms with Gasteiger partial charge in [-0.25, -0.2) is 4.98 Å². The van der Waals surface area contributed by atoms with Gasteiger partial charge in [0.15, 0.2) is 0 Å². The summed E-state index contributed by atoms with van der Waals surface area (Å²) in [6, 6.07) is 0. The molecule has 0 aliphatic rings. The molecule has 0 saturated heterocycles. The molecule has 0 radical (unpaired) electrons. The summed E-state index contributed by atoms with van der Waals surface area (Å²) in [5.74, 6) is 1.10. The van der Waals surface area contributed by atoms with Gasteiger partial charge < -0.3 is 14.8 Å². The van der Waals surface area contributed by atoms with E-state index in [9.17, 15) is 0 Å². The maximum Gasteiger partial charge on any atom is 0.105 e. The second-order valence-electron chi connectivity index (χ2n) is 3.93. The number of aromatic nitrogens is 2. The average Bonchev–Trinajstić information content (AvgIpc) is 2.61. The molecule has 0 atom stereocenters. The van der Waals surface area contributed by atoms with E-state index in [1.807, 2.05) is 26.4 Å². The molecule has 1 aromatic rings. The van der Waals surface area contributed by atoms with Crippen LogP contribution in [-0.4, -0.2) is 48.2 Å². The van der Waals surface area contributed by atoms with Crippen molar-refractivity contribution in [2.45, 2.75) is 19.9 Å². The molecule has 1 N–H and O–H groups in total. The summed E-state index contributed by atoms with van der Waals surface area (Å²) in [5.41, 5.74) is 0. The number of hydrogen-bond donors (Lipinski definition) is 1. The van der Waals surface area contributed by atoms with Gasteiger partial charge in [-0.3, -0.25) is 0 Å². The second-order valence-corrected chi connectivity index (χ2v) is 3.93. The van der Waals surface area contributed by atoms with E-state index in [1.165, 1.54) is 6.42 Å². The Morgan fingerprint density at radius 3 is 2.87 bits per heavy atom. The number of rotatable bonds is 7. The monoisotopic (exact) mass is 210 g/mol. The summed E-state index contributed by atoms with van der Waals surface area (Å²) < 4.78 is 2.19. The molecule has 15 heavy (non-hydrogen) atoms. The van der Waals surface area contributed by atoms with E-state index in [1.54, 1.807) is 0 Å². The van der Waals surface area contributed by atoms with Crippen LogP contribution in [0.3, 0.4) is 0 Å². The Balaban J connectivity index is 2.16. The van der Waals surface area contributed by atoms with Gasteiger partial charge in [-0.1, -0.05) is 0 Å². The third-order valence-electron chi connectivity index (χ3n) is 2.61. The van der Waals surface area contributed by atoms with Gasteiger partial charge in [0, 0.05) is 25.5 Å². The SMILES string of the molecule is CNCCCN(C)CCn1ccnc1C. The van der Waals surface area contributed by atoms with Gasteiger partial charge in [-0.15, -0.1) is 0 Å². The number of imidazole rings is 1. The minimum absolute atomic E-state index is 1.03. The zero-order chi connectivity index (χ0) is 11.1. The van der Waals surface area contributed by atoms with Crippen LogP contribution in [0.5, 0.6) is 0 Å². The van der Waals surface area contributed by atoms with Gasteiger partial charge in [-0.2, -0.15) is 0 Å². The van der Waals surface area contributed by atoms with Crippen molar-refractivity contribution in [3.63, 3.8) is 0 Å². The summed E-state index contributed by atoms with van der Waals surface area (Å²) in [6.45, 7) is 6.40. The molecule has 1 aromatic heterocycles. The van der Waals surface area contributed by atoms with Crippen molar-refractivity contribution < 1.29 is 0 Å². The largest absolute Gasteiger partial charge is 0.334 e. The molecule has 0 amide bonds. The van der Waals surface area contributed by atoms with Gasteiger partial charge in [0.05, 0.1) is 0 Å². The Morgan fingerprint density at radius 2 is 2.27 bits per heavy atom. The second kappa shape index (κ2) is 6.58. The Labute approximate surface area is 92.3 Å². The fraction of sp³-hybridized carbons (Fsp3) is 0.727. The lowest BCUT2D eigenvalue weighted by atomic mass is 10.4. The molecule has 0 aromatic carbocycles. The normalized spacial score (nSPS) is 11.2. The molecule has 0 fully saturated rings. The maximum absolute atomic E-state index is 4.20. The molecular weight excluding hydrogens is 188 g/mol. The van der Waals surface area contributed by atoms with Crippen molar-refractivity contribution in [2.75, 3.05) is 33.7 Å². The van der Waals surface area contributed by atoms with Crippen LogP contribution in [-0.2, 0) is 6.54 Å². The number of hydrogen-bond acceptors (Lipinski definition) is 3. The molecule has 0 bridgehead atoms. The Morgan fingerprint density at radius 1 is 1.47 bits per heavy atom. The predicted octanol–water partition coefficient (Wildman–Crippen LogP) is 0.733. The van der Waals surface area contributed by atoms with Crippen molar-refractivity contribution in [2.24, 2.45) is 0 Å². The molecule has 4 heteroatoms. The summed E-state index contributed by atoms with van der Waals surface area (Å²) in [4.78, 5) is 6.56. The summed E-state index contributed by atoms with van der Waals surface area (Å²) >= 11 is 0. The van der Waals surface area contributed by atoms with Crippen molar-refractivity contribution >= 4 is 0 Å². The molecule has 0 spiro atoms. The average molecular weight is 210 g/mol. The molecule has 86 valence electrons. The third kappa shape index (κ3) is 4.44. The summed E-state index contributed by atoms with van der Waals surface area (Å²) in [6.07, 6.45) is 5.10. The number of aryl methyl sites for hydroxylation is 1. The zero-order valence-electron chi connectivity index (χ0n) is 10.0. The number of likely N-dealkylation sites (N-methyl/N-ethyl adjacent to an activating group) is 1. The summed E-state index contributed by atoms with van der Waals surface area (Å²) in [5, 5.41) is 3.16. The topological polar surface area (TPSA) is 33.1 Å². The highest BCUT2D eigenvalue weighted by atomic mass is 15.1.